The van der Waals surface area contributed by atoms with Gasteiger partial charge in [0.05, 0.1) is 0 Å². The second-order valence-electron chi connectivity index (χ2n) is 6.89. The molecule has 0 aliphatic carbocycles. The average Bonchev–Trinajstić information content (AvgIpc) is 2.34. The maximum absolute atomic E-state index is 11.8. The number of nitrogens with one attached hydrogen (secondary N) is 2. The fourth-order valence-electron chi connectivity index (χ4n) is 2.01. The predicted molar refractivity (Wildman–Crippen MR) is 96.2 cm³/mol. The van der Waals surface area contributed by atoms with Crippen LogP contribution in [0.25, 0.3) is 0 Å². The molecule has 0 aliphatic heterocycles. The van der Waals surface area contributed by atoms with Gasteiger partial charge in [0.25, 0.3) is 0 Å². The molecule has 0 saturated carbocycles. The molecule has 0 spiro atoms. The summed E-state index contributed by atoms with van der Waals surface area (Å²) in [5.41, 5.74) is 0.507. The van der Waals surface area contributed by atoms with Gasteiger partial charge in [0.1, 0.15) is 5.60 Å². The quantitative estimate of drug-likeness (QED) is 0.777. The van der Waals surface area contributed by atoms with E-state index in [0.29, 0.717) is 29.1 Å². The molecule has 1 aromatic carbocycles. The molecule has 0 radical (unpaired) electrons. The molecule has 0 saturated heterocycles. The molecule has 0 aromatic heterocycles. The van der Waals surface area contributed by atoms with Crippen LogP contribution in [0.15, 0.2) is 18.2 Å². The van der Waals surface area contributed by atoms with Crippen LogP contribution in [-0.2, 0) is 11.3 Å². The van der Waals surface area contributed by atoms with Crippen LogP contribution < -0.4 is 10.6 Å². The molecule has 6 heteroatoms. The van der Waals surface area contributed by atoms with Crippen molar-refractivity contribution in [2.24, 2.45) is 5.92 Å². The molecular weight excluding hydrogens is 335 g/mol. The minimum atomic E-state index is -0.498. The van der Waals surface area contributed by atoms with Gasteiger partial charge in [-0.25, -0.2) is 4.79 Å². The second kappa shape index (κ2) is 8.76. The zero-order valence-corrected chi connectivity index (χ0v) is 15.9. The van der Waals surface area contributed by atoms with Crippen molar-refractivity contribution in [2.75, 3.05) is 6.54 Å². The van der Waals surface area contributed by atoms with Crippen LogP contribution in [0, 0.1) is 5.92 Å². The number of amides is 1. The summed E-state index contributed by atoms with van der Waals surface area (Å²) < 4.78 is 5.25. The number of alkyl carbamates (subject to hydrolysis) is 1. The first kappa shape index (κ1) is 20.1. The van der Waals surface area contributed by atoms with Crippen LogP contribution in [-0.4, -0.2) is 24.3 Å². The number of benzene rings is 1. The zero-order chi connectivity index (χ0) is 17.6. The average molecular weight is 361 g/mol. The van der Waals surface area contributed by atoms with Crippen molar-refractivity contribution in [3.63, 3.8) is 0 Å². The Kier molecular flexibility index (Phi) is 7.65. The van der Waals surface area contributed by atoms with Crippen LogP contribution in [0.4, 0.5) is 4.79 Å². The van der Waals surface area contributed by atoms with Crippen molar-refractivity contribution in [3.05, 3.63) is 33.8 Å². The molecule has 4 nitrogen and oxygen atoms in total. The third-order valence-electron chi connectivity index (χ3n) is 3.16. The molecule has 1 aromatic rings. The molecule has 0 bridgehead atoms. The first-order valence-corrected chi connectivity index (χ1v) is 8.47. The Morgan fingerprint density at radius 3 is 2.22 bits per heavy atom. The Hall–Kier alpha value is -0.970. The van der Waals surface area contributed by atoms with Gasteiger partial charge in [-0.1, -0.05) is 37.0 Å². The van der Waals surface area contributed by atoms with Gasteiger partial charge in [-0.2, -0.15) is 0 Å². The molecule has 130 valence electrons. The maximum Gasteiger partial charge on any atom is 0.407 e. The summed E-state index contributed by atoms with van der Waals surface area (Å²) in [7, 11) is 0. The Labute approximate surface area is 148 Å². The second-order valence-corrected chi connectivity index (χ2v) is 7.76. The van der Waals surface area contributed by atoms with E-state index in [1.54, 1.807) is 6.07 Å². The van der Waals surface area contributed by atoms with E-state index < -0.39 is 11.7 Å². The number of carbonyl (C=O) groups excluding carboxylic acids is 1. The third-order valence-corrected chi connectivity index (χ3v) is 3.60. The number of carbonyl (C=O) groups is 1. The van der Waals surface area contributed by atoms with Crippen LogP contribution in [0.3, 0.4) is 0 Å². The van der Waals surface area contributed by atoms with E-state index >= 15 is 0 Å². The number of halogens is 2. The van der Waals surface area contributed by atoms with Gasteiger partial charge >= 0.3 is 6.09 Å². The SMILES string of the molecule is CC(C)C(CNC(=O)OC(C)(C)C)NCc1cc(Cl)cc(Cl)c1. The molecule has 1 unspecified atom stereocenters. The van der Waals surface area contributed by atoms with Gasteiger partial charge in [-0.15, -0.1) is 0 Å². The van der Waals surface area contributed by atoms with Crippen molar-refractivity contribution in [3.8, 4) is 0 Å². The Balaban J connectivity index is 2.54. The highest BCUT2D eigenvalue weighted by molar-refractivity contribution is 6.34. The minimum Gasteiger partial charge on any atom is -0.444 e. The van der Waals surface area contributed by atoms with Crippen molar-refractivity contribution in [1.29, 1.82) is 0 Å². The highest BCUT2D eigenvalue weighted by atomic mass is 35.5. The van der Waals surface area contributed by atoms with Crippen LogP contribution in [0.2, 0.25) is 10.0 Å². The molecule has 0 heterocycles. The van der Waals surface area contributed by atoms with Crippen LogP contribution in [0.5, 0.6) is 0 Å². The van der Waals surface area contributed by atoms with Crippen molar-refractivity contribution >= 4 is 29.3 Å². The number of hydrogen-bond acceptors (Lipinski definition) is 3. The topological polar surface area (TPSA) is 50.4 Å². The number of ether oxygens (including phenoxy) is 1. The Morgan fingerprint density at radius 1 is 1.17 bits per heavy atom. The predicted octanol–water partition coefficient (Wildman–Crippen LogP) is 4.63. The van der Waals surface area contributed by atoms with E-state index in [0.717, 1.165) is 5.56 Å². The Bertz CT molecular complexity index is 508. The summed E-state index contributed by atoms with van der Waals surface area (Å²) >= 11 is 12.0. The van der Waals surface area contributed by atoms with Crippen molar-refractivity contribution in [1.82, 2.24) is 10.6 Å². The van der Waals surface area contributed by atoms with E-state index in [1.807, 2.05) is 32.9 Å². The molecule has 2 N–H and O–H groups in total. The fourth-order valence-corrected chi connectivity index (χ4v) is 2.58. The van der Waals surface area contributed by atoms with E-state index in [4.69, 9.17) is 27.9 Å². The lowest BCUT2D eigenvalue weighted by molar-refractivity contribution is 0.0519. The summed E-state index contributed by atoms with van der Waals surface area (Å²) in [4.78, 5) is 11.8. The van der Waals surface area contributed by atoms with Gasteiger partial charge < -0.3 is 15.4 Å². The highest BCUT2D eigenvalue weighted by Gasteiger charge is 2.18. The zero-order valence-electron chi connectivity index (χ0n) is 14.4. The smallest absolute Gasteiger partial charge is 0.407 e. The summed E-state index contributed by atoms with van der Waals surface area (Å²) in [5, 5.41) is 7.45. The van der Waals surface area contributed by atoms with Crippen LogP contribution >= 0.6 is 23.2 Å². The lowest BCUT2D eigenvalue weighted by Gasteiger charge is -2.25. The van der Waals surface area contributed by atoms with E-state index in [1.165, 1.54) is 0 Å². The summed E-state index contributed by atoms with van der Waals surface area (Å²) in [5.74, 6) is 0.347. The summed E-state index contributed by atoms with van der Waals surface area (Å²) in [6.07, 6.45) is -0.407. The highest BCUT2D eigenvalue weighted by Crippen LogP contribution is 2.19. The number of rotatable bonds is 6. The monoisotopic (exact) mass is 360 g/mol. The molecule has 0 aliphatic rings. The molecule has 1 atom stereocenters. The van der Waals surface area contributed by atoms with Crippen molar-refractivity contribution in [2.45, 2.75) is 52.8 Å². The Morgan fingerprint density at radius 2 is 1.74 bits per heavy atom. The molecule has 1 rings (SSSR count). The van der Waals surface area contributed by atoms with E-state index in [2.05, 4.69) is 24.5 Å². The van der Waals surface area contributed by atoms with Gasteiger partial charge in [0, 0.05) is 29.2 Å². The largest absolute Gasteiger partial charge is 0.444 e. The lowest BCUT2D eigenvalue weighted by atomic mass is 10.0. The molecule has 23 heavy (non-hydrogen) atoms. The van der Waals surface area contributed by atoms with Gasteiger partial charge in [0.2, 0.25) is 0 Å². The third kappa shape index (κ3) is 8.45. The number of hydrogen-bond donors (Lipinski definition) is 2. The summed E-state index contributed by atoms with van der Waals surface area (Å²) in [6, 6.07) is 5.56. The normalized spacial score (nSPS) is 13.0. The standard InChI is InChI=1S/C17H26Cl2N2O2/c1-11(2)15(10-21-16(22)23-17(3,4)5)20-9-12-6-13(18)8-14(19)7-12/h6-8,11,15,20H,9-10H2,1-5H3,(H,21,22). The maximum atomic E-state index is 11.8. The van der Waals surface area contributed by atoms with Crippen LogP contribution in [0.1, 0.15) is 40.2 Å². The summed E-state index contributed by atoms with van der Waals surface area (Å²) in [6.45, 7) is 10.8. The lowest BCUT2D eigenvalue weighted by Crippen LogP contribution is -2.45. The van der Waals surface area contributed by atoms with Crippen molar-refractivity contribution < 1.29 is 9.53 Å². The first-order valence-electron chi connectivity index (χ1n) is 7.72. The minimum absolute atomic E-state index is 0.111. The molecular formula is C17H26Cl2N2O2. The fraction of sp³-hybridized carbons (Fsp3) is 0.588. The molecule has 0 fully saturated rings. The van der Waals surface area contributed by atoms with Gasteiger partial charge in [-0.3, -0.25) is 0 Å². The first-order chi connectivity index (χ1) is 10.6. The van der Waals surface area contributed by atoms with E-state index in [-0.39, 0.29) is 6.04 Å². The van der Waals surface area contributed by atoms with Gasteiger partial charge in [-0.05, 0) is 50.5 Å². The van der Waals surface area contributed by atoms with E-state index in [9.17, 15) is 4.79 Å². The van der Waals surface area contributed by atoms with Gasteiger partial charge in [0.15, 0.2) is 0 Å². The molecule has 1 amide bonds.